The van der Waals surface area contributed by atoms with Crippen LogP contribution in [0.5, 0.6) is 0 Å². The average Bonchev–Trinajstić information content (AvgIpc) is 2.18. The van der Waals surface area contributed by atoms with E-state index >= 15 is 0 Å². The molecular weight excluding hydrogens is 281 g/mol. The van der Waals surface area contributed by atoms with Crippen LogP contribution in [0.3, 0.4) is 0 Å². The smallest absolute Gasteiger partial charge is 0.124 e. The monoisotopic (exact) mass is 301 g/mol. The maximum Gasteiger partial charge on any atom is 0.124 e. The highest BCUT2D eigenvalue weighted by Crippen LogP contribution is 2.19. The quantitative estimate of drug-likeness (QED) is 0.800. The van der Waals surface area contributed by atoms with E-state index in [0.717, 1.165) is 30.3 Å². The van der Waals surface area contributed by atoms with Crippen LogP contribution in [0.4, 0.5) is 4.39 Å². The first-order chi connectivity index (χ1) is 7.88. The molecule has 1 rings (SSSR count). The highest BCUT2D eigenvalue weighted by atomic mass is 79.9. The molecule has 1 N–H and O–H groups in total. The lowest BCUT2D eigenvalue weighted by Gasteiger charge is -2.20. The van der Waals surface area contributed by atoms with Gasteiger partial charge in [0.15, 0.2) is 0 Å². The van der Waals surface area contributed by atoms with Crippen LogP contribution in [-0.4, -0.2) is 12.1 Å². The van der Waals surface area contributed by atoms with Gasteiger partial charge in [0.1, 0.15) is 5.82 Å². The second-order valence-electron chi connectivity index (χ2n) is 5.37. The molecule has 0 aliphatic rings. The molecule has 0 aliphatic carbocycles. The van der Waals surface area contributed by atoms with Crippen molar-refractivity contribution >= 4 is 15.9 Å². The zero-order chi connectivity index (χ0) is 12.9. The first kappa shape index (κ1) is 14.7. The molecular formula is C14H21BrFN. The fourth-order valence-corrected chi connectivity index (χ4v) is 2.18. The third kappa shape index (κ3) is 6.18. The summed E-state index contributed by atoms with van der Waals surface area (Å²) in [5.41, 5.74) is 1.37. The summed E-state index contributed by atoms with van der Waals surface area (Å²) in [7, 11) is 0. The minimum absolute atomic E-state index is 0.185. The first-order valence-corrected chi connectivity index (χ1v) is 6.87. The Balaban J connectivity index is 2.27. The van der Waals surface area contributed by atoms with E-state index in [2.05, 4.69) is 42.0 Å². The van der Waals surface area contributed by atoms with Crippen molar-refractivity contribution in [3.63, 3.8) is 0 Å². The van der Waals surface area contributed by atoms with Crippen molar-refractivity contribution < 1.29 is 4.39 Å². The molecule has 0 aromatic heterocycles. The van der Waals surface area contributed by atoms with Crippen LogP contribution >= 0.6 is 15.9 Å². The third-order valence-electron chi connectivity index (χ3n) is 2.54. The van der Waals surface area contributed by atoms with Crippen LogP contribution in [0.2, 0.25) is 0 Å². The number of hydrogen-bond donors (Lipinski definition) is 1. The summed E-state index contributed by atoms with van der Waals surface area (Å²) in [4.78, 5) is 0. The van der Waals surface area contributed by atoms with Crippen molar-refractivity contribution in [1.29, 1.82) is 0 Å². The zero-order valence-corrected chi connectivity index (χ0v) is 12.4. The Morgan fingerprint density at radius 1 is 1.24 bits per heavy atom. The summed E-state index contributed by atoms with van der Waals surface area (Å²) in [5, 5.41) is 3.46. The number of halogens is 2. The van der Waals surface area contributed by atoms with Crippen LogP contribution in [0.15, 0.2) is 22.7 Å². The fourth-order valence-electron chi connectivity index (χ4n) is 1.63. The average molecular weight is 302 g/mol. The summed E-state index contributed by atoms with van der Waals surface area (Å²) in [6.45, 7) is 7.54. The molecule has 96 valence electrons. The SMILES string of the molecule is CC(C)(C)NCCCCc1ccc(F)cc1Br. The van der Waals surface area contributed by atoms with Crippen molar-refractivity contribution in [3.8, 4) is 0 Å². The molecule has 0 heterocycles. The lowest BCUT2D eigenvalue weighted by Crippen LogP contribution is -2.36. The van der Waals surface area contributed by atoms with E-state index in [1.165, 1.54) is 17.7 Å². The molecule has 1 nitrogen and oxygen atoms in total. The van der Waals surface area contributed by atoms with Crippen LogP contribution < -0.4 is 5.32 Å². The Kier molecular flexibility index (Phi) is 5.60. The Morgan fingerprint density at radius 3 is 2.53 bits per heavy atom. The Bertz CT molecular complexity index is 358. The van der Waals surface area contributed by atoms with Gasteiger partial charge in [-0.05, 0) is 64.3 Å². The highest BCUT2D eigenvalue weighted by molar-refractivity contribution is 9.10. The number of unbranched alkanes of at least 4 members (excludes halogenated alkanes) is 1. The van der Waals surface area contributed by atoms with Gasteiger partial charge in [-0.25, -0.2) is 4.39 Å². The Labute approximate surface area is 112 Å². The van der Waals surface area contributed by atoms with Crippen molar-refractivity contribution in [1.82, 2.24) is 5.32 Å². The predicted octanol–water partition coefficient (Wildman–Crippen LogP) is 4.30. The molecule has 1 aromatic carbocycles. The zero-order valence-electron chi connectivity index (χ0n) is 10.8. The molecule has 17 heavy (non-hydrogen) atoms. The molecule has 0 spiro atoms. The topological polar surface area (TPSA) is 12.0 Å². The maximum atomic E-state index is 12.9. The van der Waals surface area contributed by atoms with Gasteiger partial charge in [-0.15, -0.1) is 0 Å². The normalized spacial score (nSPS) is 11.8. The van der Waals surface area contributed by atoms with Crippen molar-refractivity contribution in [2.75, 3.05) is 6.54 Å². The van der Waals surface area contributed by atoms with Gasteiger partial charge in [-0.2, -0.15) is 0 Å². The predicted molar refractivity (Wildman–Crippen MR) is 74.8 cm³/mol. The lowest BCUT2D eigenvalue weighted by atomic mass is 10.1. The fraction of sp³-hybridized carbons (Fsp3) is 0.571. The molecule has 0 unspecified atom stereocenters. The lowest BCUT2D eigenvalue weighted by molar-refractivity contribution is 0.419. The van der Waals surface area contributed by atoms with E-state index in [-0.39, 0.29) is 11.4 Å². The van der Waals surface area contributed by atoms with Gasteiger partial charge in [-0.1, -0.05) is 22.0 Å². The summed E-state index contributed by atoms with van der Waals surface area (Å²) in [6, 6.07) is 4.91. The summed E-state index contributed by atoms with van der Waals surface area (Å²) in [6.07, 6.45) is 3.25. The summed E-state index contributed by atoms with van der Waals surface area (Å²) in [5.74, 6) is -0.185. The number of hydrogen-bond acceptors (Lipinski definition) is 1. The van der Waals surface area contributed by atoms with E-state index < -0.39 is 0 Å². The van der Waals surface area contributed by atoms with Gasteiger partial charge in [-0.3, -0.25) is 0 Å². The van der Waals surface area contributed by atoms with Gasteiger partial charge in [0.2, 0.25) is 0 Å². The van der Waals surface area contributed by atoms with Gasteiger partial charge in [0, 0.05) is 10.0 Å². The highest BCUT2D eigenvalue weighted by Gasteiger charge is 2.07. The summed E-state index contributed by atoms with van der Waals surface area (Å²) >= 11 is 3.39. The standard InChI is InChI=1S/C14H21BrFN/c1-14(2,3)17-9-5-4-6-11-7-8-12(16)10-13(11)15/h7-8,10,17H,4-6,9H2,1-3H3. The number of nitrogens with one attached hydrogen (secondary N) is 1. The Hall–Kier alpha value is -0.410. The molecule has 0 saturated heterocycles. The third-order valence-corrected chi connectivity index (χ3v) is 3.28. The molecule has 0 amide bonds. The molecule has 0 bridgehead atoms. The summed E-state index contributed by atoms with van der Waals surface area (Å²) < 4.78 is 13.8. The van der Waals surface area contributed by atoms with Gasteiger partial charge in [0.25, 0.3) is 0 Å². The van der Waals surface area contributed by atoms with Crippen LogP contribution in [0.1, 0.15) is 39.2 Å². The van der Waals surface area contributed by atoms with E-state index in [9.17, 15) is 4.39 Å². The largest absolute Gasteiger partial charge is 0.312 e. The van der Waals surface area contributed by atoms with Crippen LogP contribution in [0, 0.1) is 5.82 Å². The van der Waals surface area contributed by atoms with Crippen molar-refractivity contribution in [3.05, 3.63) is 34.1 Å². The van der Waals surface area contributed by atoms with Gasteiger partial charge < -0.3 is 5.32 Å². The van der Waals surface area contributed by atoms with E-state index in [1.54, 1.807) is 0 Å². The maximum absolute atomic E-state index is 12.9. The second kappa shape index (κ2) is 6.50. The molecule has 0 radical (unpaired) electrons. The molecule has 0 atom stereocenters. The van der Waals surface area contributed by atoms with E-state index in [0.29, 0.717) is 0 Å². The number of rotatable bonds is 5. The van der Waals surface area contributed by atoms with E-state index in [4.69, 9.17) is 0 Å². The van der Waals surface area contributed by atoms with Crippen molar-refractivity contribution in [2.24, 2.45) is 0 Å². The minimum Gasteiger partial charge on any atom is -0.312 e. The number of aryl methyl sites for hydroxylation is 1. The minimum atomic E-state index is -0.185. The molecule has 1 aromatic rings. The molecule has 3 heteroatoms. The first-order valence-electron chi connectivity index (χ1n) is 6.07. The van der Waals surface area contributed by atoms with Crippen LogP contribution in [-0.2, 0) is 6.42 Å². The van der Waals surface area contributed by atoms with E-state index in [1.807, 2.05) is 6.07 Å². The molecule has 0 fully saturated rings. The second-order valence-corrected chi connectivity index (χ2v) is 6.22. The van der Waals surface area contributed by atoms with Gasteiger partial charge in [0.05, 0.1) is 0 Å². The van der Waals surface area contributed by atoms with Crippen LogP contribution in [0.25, 0.3) is 0 Å². The Morgan fingerprint density at radius 2 is 1.94 bits per heavy atom. The van der Waals surface area contributed by atoms with Gasteiger partial charge >= 0.3 is 0 Å². The number of benzene rings is 1. The molecule has 0 aliphatic heterocycles. The molecule has 0 saturated carbocycles. The van der Waals surface area contributed by atoms with Crippen molar-refractivity contribution in [2.45, 2.75) is 45.6 Å².